The van der Waals surface area contributed by atoms with Crippen LogP contribution in [0, 0.1) is 5.41 Å². The summed E-state index contributed by atoms with van der Waals surface area (Å²) in [5.41, 5.74) is 9.73. The van der Waals surface area contributed by atoms with Crippen LogP contribution in [0.15, 0.2) is 54.1 Å². The fourth-order valence-corrected chi connectivity index (χ4v) is 2.54. The molecule has 128 valence electrons. The SMILES string of the molecule is N=C(C(CC(=O)NO)=C(N)c1ccc2c(c1)OCO2)c1ccccc1. The lowest BCUT2D eigenvalue weighted by molar-refractivity contribution is -0.128. The number of hydrogen-bond donors (Lipinski definition) is 4. The number of amides is 1. The zero-order valence-corrected chi connectivity index (χ0v) is 13.3. The van der Waals surface area contributed by atoms with Gasteiger partial charge in [-0.25, -0.2) is 5.48 Å². The smallest absolute Gasteiger partial charge is 0.247 e. The molecule has 25 heavy (non-hydrogen) atoms. The van der Waals surface area contributed by atoms with Crippen molar-refractivity contribution in [2.24, 2.45) is 5.73 Å². The molecule has 0 atom stereocenters. The Balaban J connectivity index is 2.04. The van der Waals surface area contributed by atoms with Gasteiger partial charge in [-0.3, -0.25) is 15.4 Å². The van der Waals surface area contributed by atoms with Crippen LogP contribution in [0.5, 0.6) is 11.5 Å². The molecule has 0 aliphatic carbocycles. The number of hydrogen-bond acceptors (Lipinski definition) is 6. The van der Waals surface area contributed by atoms with Crippen LogP contribution in [0.25, 0.3) is 5.70 Å². The number of fused-ring (bicyclic) bond motifs is 1. The maximum absolute atomic E-state index is 11.7. The van der Waals surface area contributed by atoms with Crippen LogP contribution in [-0.2, 0) is 4.79 Å². The van der Waals surface area contributed by atoms with Gasteiger partial charge in [0.1, 0.15) is 0 Å². The van der Waals surface area contributed by atoms with E-state index in [4.69, 9.17) is 25.8 Å². The Labute approximate surface area is 144 Å². The molecule has 0 fully saturated rings. The first-order valence-corrected chi connectivity index (χ1v) is 7.56. The van der Waals surface area contributed by atoms with Crippen LogP contribution in [0.3, 0.4) is 0 Å². The first-order valence-electron chi connectivity index (χ1n) is 7.56. The summed E-state index contributed by atoms with van der Waals surface area (Å²) in [6.07, 6.45) is -0.232. The molecule has 0 radical (unpaired) electrons. The zero-order chi connectivity index (χ0) is 17.8. The molecule has 5 N–H and O–H groups in total. The molecule has 2 aromatic rings. The first kappa shape index (κ1) is 16.5. The average molecular weight is 339 g/mol. The van der Waals surface area contributed by atoms with Crippen LogP contribution in [0.2, 0.25) is 0 Å². The van der Waals surface area contributed by atoms with Crippen molar-refractivity contribution >= 4 is 17.3 Å². The average Bonchev–Trinajstić information content (AvgIpc) is 3.13. The minimum Gasteiger partial charge on any atom is -0.454 e. The highest BCUT2D eigenvalue weighted by molar-refractivity contribution is 6.16. The topological polar surface area (TPSA) is 118 Å². The molecule has 0 saturated carbocycles. The zero-order valence-electron chi connectivity index (χ0n) is 13.3. The number of nitrogens with one attached hydrogen (secondary N) is 2. The molecule has 1 aliphatic rings. The van der Waals surface area contributed by atoms with Crippen LogP contribution < -0.4 is 20.7 Å². The van der Waals surface area contributed by atoms with Crippen molar-refractivity contribution in [1.82, 2.24) is 5.48 Å². The van der Waals surface area contributed by atoms with Crippen LogP contribution in [0.4, 0.5) is 0 Å². The number of carbonyl (C=O) groups is 1. The third kappa shape index (κ3) is 3.46. The van der Waals surface area contributed by atoms with E-state index >= 15 is 0 Å². The largest absolute Gasteiger partial charge is 0.454 e. The summed E-state index contributed by atoms with van der Waals surface area (Å²) in [4.78, 5) is 11.7. The quantitative estimate of drug-likeness (QED) is 0.378. The minimum absolute atomic E-state index is 0.111. The van der Waals surface area contributed by atoms with Crippen LogP contribution >= 0.6 is 0 Å². The Morgan fingerprint density at radius 2 is 1.84 bits per heavy atom. The van der Waals surface area contributed by atoms with E-state index in [1.165, 1.54) is 0 Å². The lowest BCUT2D eigenvalue weighted by Gasteiger charge is -2.14. The summed E-state index contributed by atoms with van der Waals surface area (Å²) in [5.74, 6) is 0.515. The second-order valence-electron chi connectivity index (χ2n) is 5.41. The lowest BCUT2D eigenvalue weighted by Crippen LogP contribution is -2.23. The van der Waals surface area contributed by atoms with Crippen molar-refractivity contribution in [3.8, 4) is 11.5 Å². The molecule has 7 heteroatoms. The standard InChI is InChI=1S/C18H17N3O4/c19-17(11-4-2-1-3-5-11)13(9-16(22)21-23)18(20)12-6-7-14-15(8-12)25-10-24-14/h1-8,19,23H,9-10,20H2,(H,21,22). The minimum atomic E-state index is -0.653. The normalized spacial score (nSPS) is 13.2. The molecule has 3 rings (SSSR count). The Hall–Kier alpha value is -3.32. The molecule has 0 saturated heterocycles. The highest BCUT2D eigenvalue weighted by atomic mass is 16.7. The van der Waals surface area contributed by atoms with E-state index in [2.05, 4.69) is 0 Å². The fraction of sp³-hybridized carbons (Fsp3) is 0.111. The van der Waals surface area contributed by atoms with Crippen molar-refractivity contribution in [3.63, 3.8) is 0 Å². The molecule has 0 aromatic heterocycles. The van der Waals surface area contributed by atoms with Gasteiger partial charge in [0.15, 0.2) is 11.5 Å². The Morgan fingerprint density at radius 1 is 1.12 bits per heavy atom. The molecule has 0 bridgehead atoms. The van der Waals surface area contributed by atoms with Gasteiger partial charge in [-0.05, 0) is 23.8 Å². The second kappa shape index (κ2) is 7.06. The summed E-state index contributed by atoms with van der Waals surface area (Å²) in [6.45, 7) is 0.141. The van der Waals surface area contributed by atoms with E-state index in [9.17, 15) is 4.79 Å². The molecule has 1 aliphatic heterocycles. The van der Waals surface area contributed by atoms with E-state index in [1.54, 1.807) is 47.9 Å². The molecular formula is C18H17N3O4. The first-order chi connectivity index (χ1) is 12.1. The number of hydroxylamine groups is 1. The van der Waals surface area contributed by atoms with Crippen molar-refractivity contribution in [3.05, 3.63) is 65.2 Å². The van der Waals surface area contributed by atoms with Crippen molar-refractivity contribution in [1.29, 1.82) is 5.41 Å². The maximum atomic E-state index is 11.7. The number of ether oxygens (including phenoxy) is 2. The summed E-state index contributed by atoms with van der Waals surface area (Å²) < 4.78 is 10.6. The van der Waals surface area contributed by atoms with Gasteiger partial charge in [-0.15, -0.1) is 0 Å². The van der Waals surface area contributed by atoms with E-state index in [0.29, 0.717) is 28.2 Å². The predicted octanol–water partition coefficient (Wildman–Crippen LogP) is 2.05. The Kier molecular flexibility index (Phi) is 4.67. The third-order valence-electron chi connectivity index (χ3n) is 3.83. The Morgan fingerprint density at radius 3 is 2.56 bits per heavy atom. The van der Waals surface area contributed by atoms with Crippen LogP contribution in [-0.4, -0.2) is 23.6 Å². The van der Waals surface area contributed by atoms with Gasteiger partial charge in [-0.1, -0.05) is 30.3 Å². The molecular weight excluding hydrogens is 322 g/mol. The Bertz CT molecular complexity index is 847. The molecule has 2 aromatic carbocycles. The summed E-state index contributed by atoms with van der Waals surface area (Å²) in [5, 5.41) is 17.3. The van der Waals surface area contributed by atoms with E-state index in [0.717, 1.165) is 0 Å². The molecule has 0 spiro atoms. The molecule has 1 heterocycles. The van der Waals surface area contributed by atoms with Crippen LogP contribution in [0.1, 0.15) is 17.5 Å². The monoisotopic (exact) mass is 339 g/mol. The van der Waals surface area contributed by atoms with Crippen molar-refractivity contribution < 1.29 is 19.5 Å². The number of benzene rings is 2. The summed E-state index contributed by atoms with van der Waals surface area (Å²) in [7, 11) is 0. The number of rotatable bonds is 5. The van der Waals surface area contributed by atoms with Gasteiger partial charge in [-0.2, -0.15) is 0 Å². The highest BCUT2D eigenvalue weighted by Crippen LogP contribution is 2.34. The fourth-order valence-electron chi connectivity index (χ4n) is 2.54. The van der Waals surface area contributed by atoms with Gasteiger partial charge in [0, 0.05) is 16.8 Å². The number of carbonyl (C=O) groups excluding carboxylic acids is 1. The van der Waals surface area contributed by atoms with Gasteiger partial charge in [0.2, 0.25) is 12.7 Å². The van der Waals surface area contributed by atoms with Crippen molar-refractivity contribution in [2.75, 3.05) is 6.79 Å². The summed E-state index contributed by atoms with van der Waals surface area (Å²) >= 11 is 0. The molecule has 7 nitrogen and oxygen atoms in total. The molecule has 1 amide bonds. The van der Waals surface area contributed by atoms with Gasteiger partial charge < -0.3 is 15.2 Å². The van der Waals surface area contributed by atoms with Gasteiger partial charge in [0.25, 0.3) is 0 Å². The van der Waals surface area contributed by atoms with Gasteiger partial charge >= 0.3 is 0 Å². The van der Waals surface area contributed by atoms with Crippen molar-refractivity contribution in [2.45, 2.75) is 6.42 Å². The second-order valence-corrected chi connectivity index (χ2v) is 5.41. The van der Waals surface area contributed by atoms with Gasteiger partial charge in [0.05, 0.1) is 12.1 Å². The predicted molar refractivity (Wildman–Crippen MR) is 91.5 cm³/mol. The van der Waals surface area contributed by atoms with E-state index < -0.39 is 5.91 Å². The van der Waals surface area contributed by atoms with E-state index in [-0.39, 0.29) is 24.6 Å². The maximum Gasteiger partial charge on any atom is 0.247 e. The van der Waals surface area contributed by atoms with E-state index in [1.807, 2.05) is 6.07 Å². The molecule has 0 unspecified atom stereocenters. The number of nitrogens with two attached hydrogens (primary N) is 1. The highest BCUT2D eigenvalue weighted by Gasteiger charge is 2.19. The summed E-state index contributed by atoms with van der Waals surface area (Å²) in [6, 6.07) is 14.1. The third-order valence-corrected chi connectivity index (χ3v) is 3.83. The lowest BCUT2D eigenvalue weighted by atomic mass is 9.95.